The molecule has 0 saturated carbocycles. The van der Waals surface area contributed by atoms with E-state index in [0.717, 1.165) is 34.2 Å². The average molecular weight is 490 g/mol. The Morgan fingerprint density at radius 3 is 2.39 bits per heavy atom. The topological polar surface area (TPSA) is 88.5 Å². The zero-order valence-electron chi connectivity index (χ0n) is 21.5. The van der Waals surface area contributed by atoms with E-state index in [1.54, 1.807) is 7.11 Å². The number of carbonyl (C=O) groups excluding carboxylic acids is 2. The second-order valence-corrected chi connectivity index (χ2v) is 9.47. The molecule has 190 valence electrons. The molecule has 3 aromatic rings. The van der Waals surface area contributed by atoms with Crippen molar-refractivity contribution in [3.8, 4) is 11.4 Å². The second-order valence-electron chi connectivity index (χ2n) is 9.47. The Morgan fingerprint density at radius 2 is 1.72 bits per heavy atom. The lowest BCUT2D eigenvalue weighted by Crippen LogP contribution is -2.41. The Balaban J connectivity index is 1.49. The summed E-state index contributed by atoms with van der Waals surface area (Å²) in [4.78, 5) is 27.8. The third-order valence-corrected chi connectivity index (χ3v) is 6.62. The summed E-state index contributed by atoms with van der Waals surface area (Å²) in [7, 11) is 1.64. The lowest BCUT2D eigenvalue weighted by molar-refractivity contribution is -0.125. The molecule has 0 radical (unpaired) electrons. The highest BCUT2D eigenvalue weighted by Crippen LogP contribution is 2.35. The van der Waals surface area contributed by atoms with E-state index in [-0.39, 0.29) is 23.7 Å². The highest BCUT2D eigenvalue weighted by Gasteiger charge is 2.30. The molecule has 4 rings (SSSR count). The van der Waals surface area contributed by atoms with Gasteiger partial charge in [0.1, 0.15) is 11.4 Å². The minimum absolute atomic E-state index is 0.0439. The Morgan fingerprint density at radius 1 is 1.06 bits per heavy atom. The standard InChI is InChI=1S/C28H35N5O3/c1-19(2)26(34)30-25-20(3)31-33(23-11-6-5-7-12-23)28(25)32-16-14-21(15-17-32)27(35)29-18-22-10-8-9-13-24(22)36-4/h5-13,19,21H,14-18H2,1-4H3,(H,29,35)(H,30,34). The van der Waals surface area contributed by atoms with Gasteiger partial charge in [0.25, 0.3) is 0 Å². The van der Waals surface area contributed by atoms with Crippen LogP contribution in [-0.2, 0) is 16.1 Å². The van der Waals surface area contributed by atoms with Crippen molar-refractivity contribution in [2.45, 2.75) is 40.2 Å². The number of rotatable bonds is 8. The number of piperidine rings is 1. The molecule has 2 heterocycles. The number of aryl methyl sites for hydroxylation is 1. The fourth-order valence-corrected chi connectivity index (χ4v) is 4.50. The van der Waals surface area contributed by atoms with Crippen LogP contribution in [0.1, 0.15) is 37.9 Å². The van der Waals surface area contributed by atoms with Crippen molar-refractivity contribution in [2.24, 2.45) is 11.8 Å². The molecule has 1 aliphatic rings. The SMILES string of the molecule is COc1ccccc1CNC(=O)C1CCN(c2c(NC(=O)C(C)C)c(C)nn2-c2ccccc2)CC1. The van der Waals surface area contributed by atoms with Crippen molar-refractivity contribution in [1.29, 1.82) is 0 Å². The quantitative estimate of drug-likeness (QED) is 0.492. The molecular weight excluding hydrogens is 454 g/mol. The van der Waals surface area contributed by atoms with E-state index in [1.807, 2.05) is 80.1 Å². The molecular formula is C28H35N5O3. The van der Waals surface area contributed by atoms with Crippen LogP contribution in [0.5, 0.6) is 5.75 Å². The van der Waals surface area contributed by atoms with Crippen molar-refractivity contribution < 1.29 is 14.3 Å². The molecule has 2 aromatic carbocycles. The normalized spacial score (nSPS) is 14.1. The van der Waals surface area contributed by atoms with E-state index in [2.05, 4.69) is 15.5 Å². The zero-order chi connectivity index (χ0) is 25.7. The fraction of sp³-hybridized carbons (Fsp3) is 0.393. The van der Waals surface area contributed by atoms with Crippen LogP contribution in [0.15, 0.2) is 54.6 Å². The number of hydrogen-bond donors (Lipinski definition) is 2. The van der Waals surface area contributed by atoms with Gasteiger partial charge in [-0.2, -0.15) is 5.10 Å². The smallest absolute Gasteiger partial charge is 0.227 e. The van der Waals surface area contributed by atoms with Crippen LogP contribution in [0.3, 0.4) is 0 Å². The average Bonchev–Trinajstić information content (AvgIpc) is 3.23. The van der Waals surface area contributed by atoms with E-state index in [0.29, 0.717) is 32.5 Å². The van der Waals surface area contributed by atoms with Crippen molar-refractivity contribution in [1.82, 2.24) is 15.1 Å². The molecule has 0 bridgehead atoms. The Labute approximate surface area is 212 Å². The molecule has 2 N–H and O–H groups in total. The van der Waals surface area contributed by atoms with Gasteiger partial charge in [0.2, 0.25) is 11.8 Å². The van der Waals surface area contributed by atoms with E-state index in [4.69, 9.17) is 9.84 Å². The highest BCUT2D eigenvalue weighted by atomic mass is 16.5. The summed E-state index contributed by atoms with van der Waals surface area (Å²) >= 11 is 0. The number of anilines is 2. The predicted molar refractivity (Wildman–Crippen MR) is 142 cm³/mol. The molecule has 0 unspecified atom stereocenters. The van der Waals surface area contributed by atoms with Crippen LogP contribution in [0.4, 0.5) is 11.5 Å². The van der Waals surface area contributed by atoms with E-state index < -0.39 is 0 Å². The van der Waals surface area contributed by atoms with Gasteiger partial charge in [-0.25, -0.2) is 4.68 Å². The van der Waals surface area contributed by atoms with E-state index in [1.165, 1.54) is 0 Å². The van der Waals surface area contributed by atoms with Gasteiger partial charge in [-0.3, -0.25) is 9.59 Å². The maximum atomic E-state index is 12.9. The number of amides is 2. The summed E-state index contributed by atoms with van der Waals surface area (Å²) in [6.45, 7) is 7.48. The maximum absolute atomic E-state index is 12.9. The molecule has 1 aliphatic heterocycles. The van der Waals surface area contributed by atoms with Gasteiger partial charge < -0.3 is 20.3 Å². The largest absolute Gasteiger partial charge is 0.496 e. The van der Waals surface area contributed by atoms with Gasteiger partial charge in [-0.15, -0.1) is 0 Å². The van der Waals surface area contributed by atoms with Gasteiger partial charge in [-0.1, -0.05) is 50.2 Å². The van der Waals surface area contributed by atoms with Gasteiger partial charge in [0.15, 0.2) is 5.82 Å². The molecule has 0 spiro atoms. The lowest BCUT2D eigenvalue weighted by atomic mass is 9.95. The number of methoxy groups -OCH3 is 1. The maximum Gasteiger partial charge on any atom is 0.227 e. The fourth-order valence-electron chi connectivity index (χ4n) is 4.50. The molecule has 0 aliphatic carbocycles. The summed E-state index contributed by atoms with van der Waals surface area (Å²) < 4.78 is 7.29. The zero-order valence-corrected chi connectivity index (χ0v) is 21.5. The van der Waals surface area contributed by atoms with Crippen LogP contribution in [0.25, 0.3) is 5.69 Å². The van der Waals surface area contributed by atoms with Gasteiger partial charge in [0.05, 0.1) is 18.5 Å². The first-order valence-electron chi connectivity index (χ1n) is 12.5. The minimum atomic E-state index is -0.144. The summed E-state index contributed by atoms with van der Waals surface area (Å²) in [6.07, 6.45) is 1.43. The molecule has 2 amide bonds. The molecule has 36 heavy (non-hydrogen) atoms. The van der Waals surface area contributed by atoms with Gasteiger partial charge >= 0.3 is 0 Å². The van der Waals surface area contributed by atoms with Crippen molar-refractivity contribution in [3.05, 3.63) is 65.9 Å². The number of hydrogen-bond acceptors (Lipinski definition) is 5. The number of nitrogens with one attached hydrogen (secondary N) is 2. The molecule has 8 heteroatoms. The number of para-hydroxylation sites is 2. The summed E-state index contributed by atoms with van der Waals surface area (Å²) in [5.41, 5.74) is 3.38. The summed E-state index contributed by atoms with van der Waals surface area (Å²) in [5.74, 6) is 1.43. The van der Waals surface area contributed by atoms with Crippen LogP contribution < -0.4 is 20.3 Å². The van der Waals surface area contributed by atoms with Gasteiger partial charge in [-0.05, 0) is 38.0 Å². The van der Waals surface area contributed by atoms with Crippen LogP contribution >= 0.6 is 0 Å². The second kappa shape index (κ2) is 11.3. The molecule has 1 aromatic heterocycles. The lowest BCUT2D eigenvalue weighted by Gasteiger charge is -2.33. The van der Waals surface area contributed by atoms with Crippen LogP contribution in [0, 0.1) is 18.8 Å². The van der Waals surface area contributed by atoms with Crippen LogP contribution in [-0.4, -0.2) is 41.8 Å². The summed E-state index contributed by atoms with van der Waals surface area (Å²) in [5, 5.41) is 10.9. The number of aromatic nitrogens is 2. The number of nitrogens with zero attached hydrogens (tertiary/aromatic N) is 3. The first-order valence-corrected chi connectivity index (χ1v) is 12.5. The third kappa shape index (κ3) is 5.53. The Hall–Kier alpha value is -3.81. The monoisotopic (exact) mass is 489 g/mol. The van der Waals surface area contributed by atoms with Crippen molar-refractivity contribution in [2.75, 3.05) is 30.4 Å². The molecule has 1 saturated heterocycles. The minimum Gasteiger partial charge on any atom is -0.496 e. The molecule has 0 atom stereocenters. The first-order chi connectivity index (χ1) is 17.4. The number of benzene rings is 2. The summed E-state index contributed by atoms with van der Waals surface area (Å²) in [6, 6.07) is 17.6. The van der Waals surface area contributed by atoms with Crippen LogP contribution in [0.2, 0.25) is 0 Å². The Bertz CT molecular complexity index is 1200. The molecule has 1 fully saturated rings. The third-order valence-electron chi connectivity index (χ3n) is 6.62. The highest BCUT2D eigenvalue weighted by molar-refractivity contribution is 5.96. The van der Waals surface area contributed by atoms with Gasteiger partial charge in [0, 0.05) is 37.0 Å². The first kappa shape index (κ1) is 25.3. The van der Waals surface area contributed by atoms with Crippen molar-refractivity contribution in [3.63, 3.8) is 0 Å². The van der Waals surface area contributed by atoms with E-state index >= 15 is 0 Å². The predicted octanol–water partition coefficient (Wildman–Crippen LogP) is 4.32. The Kier molecular flexibility index (Phi) is 7.93. The molecule has 8 nitrogen and oxygen atoms in total. The van der Waals surface area contributed by atoms with Crippen molar-refractivity contribution >= 4 is 23.3 Å². The van der Waals surface area contributed by atoms with E-state index in [9.17, 15) is 9.59 Å². The number of carbonyl (C=O) groups is 2. The number of ether oxygens (including phenoxy) is 1.